The molecule has 0 atom stereocenters. The van der Waals surface area contributed by atoms with E-state index in [1.807, 2.05) is 6.92 Å². The van der Waals surface area contributed by atoms with Crippen molar-refractivity contribution in [1.29, 1.82) is 0 Å². The number of amides is 1. The van der Waals surface area contributed by atoms with Gasteiger partial charge in [0, 0.05) is 35.7 Å². The molecular formula is C16H16F2N6O. The SMILES string of the molecule is Cc1[nH]nc2ncc(C(=O)N(Cc3nccn3C(F)F)C3CC3)cc12. The molecule has 1 N–H and O–H groups in total. The predicted octanol–water partition coefficient (Wildman–Crippen LogP) is 2.66. The second-order valence-corrected chi connectivity index (χ2v) is 6.14. The summed E-state index contributed by atoms with van der Waals surface area (Å²) in [5.41, 5.74) is 1.78. The van der Waals surface area contributed by atoms with Gasteiger partial charge in [0.05, 0.1) is 12.1 Å². The summed E-state index contributed by atoms with van der Waals surface area (Å²) in [5, 5.41) is 7.65. The molecule has 1 aliphatic carbocycles. The first-order chi connectivity index (χ1) is 12.0. The van der Waals surface area contributed by atoms with E-state index in [2.05, 4.69) is 20.2 Å². The summed E-state index contributed by atoms with van der Waals surface area (Å²) in [6.07, 6.45) is 5.74. The molecule has 4 rings (SSSR count). The minimum absolute atomic E-state index is 0.0449. The number of carbonyl (C=O) groups excluding carboxylic acids is 1. The molecule has 7 nitrogen and oxygen atoms in total. The highest BCUT2D eigenvalue weighted by atomic mass is 19.3. The van der Waals surface area contributed by atoms with Crippen molar-refractivity contribution < 1.29 is 13.6 Å². The zero-order valence-corrected chi connectivity index (χ0v) is 13.5. The van der Waals surface area contributed by atoms with Crippen LogP contribution in [0.3, 0.4) is 0 Å². The van der Waals surface area contributed by atoms with Crippen molar-refractivity contribution in [2.75, 3.05) is 0 Å². The Hall–Kier alpha value is -2.84. The molecule has 1 amide bonds. The van der Waals surface area contributed by atoms with Gasteiger partial charge < -0.3 is 4.90 Å². The van der Waals surface area contributed by atoms with Crippen LogP contribution in [0.25, 0.3) is 11.0 Å². The van der Waals surface area contributed by atoms with Crippen LogP contribution in [-0.2, 0) is 6.54 Å². The highest BCUT2D eigenvalue weighted by Gasteiger charge is 2.34. The minimum atomic E-state index is -2.68. The lowest BCUT2D eigenvalue weighted by molar-refractivity contribution is 0.0584. The largest absolute Gasteiger partial charge is 0.328 e. The molecule has 0 bridgehead atoms. The third kappa shape index (κ3) is 2.86. The van der Waals surface area contributed by atoms with E-state index >= 15 is 0 Å². The first-order valence-electron chi connectivity index (χ1n) is 7.96. The van der Waals surface area contributed by atoms with E-state index in [0.29, 0.717) is 11.2 Å². The lowest BCUT2D eigenvalue weighted by Crippen LogP contribution is -2.33. The third-order valence-electron chi connectivity index (χ3n) is 4.37. The molecule has 0 radical (unpaired) electrons. The van der Waals surface area contributed by atoms with Crippen LogP contribution in [0.2, 0.25) is 0 Å². The van der Waals surface area contributed by atoms with Gasteiger partial charge in [0.15, 0.2) is 5.65 Å². The molecule has 0 aliphatic heterocycles. The maximum absolute atomic E-state index is 13.0. The van der Waals surface area contributed by atoms with E-state index in [-0.39, 0.29) is 24.3 Å². The Morgan fingerprint density at radius 1 is 1.44 bits per heavy atom. The number of nitrogens with zero attached hydrogens (tertiary/aromatic N) is 5. The van der Waals surface area contributed by atoms with Crippen LogP contribution in [0.4, 0.5) is 8.78 Å². The molecule has 3 aromatic rings. The number of aromatic amines is 1. The van der Waals surface area contributed by atoms with Crippen LogP contribution in [0, 0.1) is 6.92 Å². The van der Waals surface area contributed by atoms with Crippen molar-refractivity contribution in [3.63, 3.8) is 0 Å². The smallest absolute Gasteiger partial charge is 0.319 e. The number of aromatic nitrogens is 5. The van der Waals surface area contributed by atoms with Gasteiger partial charge >= 0.3 is 6.55 Å². The first kappa shape index (κ1) is 15.7. The van der Waals surface area contributed by atoms with E-state index in [1.54, 1.807) is 11.0 Å². The molecule has 1 fully saturated rings. The number of halogens is 2. The van der Waals surface area contributed by atoms with E-state index in [9.17, 15) is 13.6 Å². The van der Waals surface area contributed by atoms with Gasteiger partial charge in [-0.15, -0.1) is 0 Å². The number of aryl methyl sites for hydroxylation is 1. The molecule has 0 spiro atoms. The van der Waals surface area contributed by atoms with Gasteiger partial charge in [0.1, 0.15) is 5.82 Å². The number of imidazole rings is 1. The molecule has 25 heavy (non-hydrogen) atoms. The summed E-state index contributed by atoms with van der Waals surface area (Å²) in [7, 11) is 0. The topological polar surface area (TPSA) is 79.7 Å². The van der Waals surface area contributed by atoms with E-state index in [4.69, 9.17) is 0 Å². The van der Waals surface area contributed by atoms with Crippen LogP contribution in [-0.4, -0.2) is 41.6 Å². The summed E-state index contributed by atoms with van der Waals surface area (Å²) in [4.78, 5) is 22.7. The van der Waals surface area contributed by atoms with Gasteiger partial charge in [-0.05, 0) is 25.8 Å². The molecular weight excluding hydrogens is 330 g/mol. The number of rotatable bonds is 5. The number of H-pyrrole nitrogens is 1. The number of alkyl halides is 2. The predicted molar refractivity (Wildman–Crippen MR) is 85.0 cm³/mol. The summed E-state index contributed by atoms with van der Waals surface area (Å²) in [6.45, 7) is -0.785. The Balaban J connectivity index is 1.64. The Morgan fingerprint density at radius 2 is 2.24 bits per heavy atom. The number of nitrogens with one attached hydrogen (secondary N) is 1. The van der Waals surface area contributed by atoms with Crippen LogP contribution in [0.5, 0.6) is 0 Å². The zero-order valence-electron chi connectivity index (χ0n) is 13.5. The quantitative estimate of drug-likeness (QED) is 0.770. The summed E-state index contributed by atoms with van der Waals surface area (Å²) >= 11 is 0. The van der Waals surface area contributed by atoms with Crippen molar-refractivity contribution in [3.05, 3.63) is 41.7 Å². The van der Waals surface area contributed by atoms with Crippen LogP contribution in [0.1, 0.15) is 41.3 Å². The second kappa shape index (κ2) is 5.91. The molecule has 0 aromatic carbocycles. The Labute approximate surface area is 141 Å². The normalized spacial score (nSPS) is 14.4. The molecule has 130 valence electrons. The summed E-state index contributed by atoms with van der Waals surface area (Å²) < 4.78 is 26.9. The maximum atomic E-state index is 13.0. The fourth-order valence-corrected chi connectivity index (χ4v) is 2.85. The van der Waals surface area contributed by atoms with Crippen LogP contribution >= 0.6 is 0 Å². The van der Waals surface area contributed by atoms with Gasteiger partial charge in [-0.1, -0.05) is 0 Å². The number of fused-ring (bicyclic) bond motifs is 1. The zero-order chi connectivity index (χ0) is 17.6. The maximum Gasteiger partial charge on any atom is 0.319 e. The monoisotopic (exact) mass is 346 g/mol. The Morgan fingerprint density at radius 3 is 2.96 bits per heavy atom. The Kier molecular flexibility index (Phi) is 3.70. The van der Waals surface area contributed by atoms with Crippen molar-refractivity contribution in [2.24, 2.45) is 0 Å². The molecule has 3 heterocycles. The molecule has 1 saturated carbocycles. The van der Waals surface area contributed by atoms with Crippen molar-refractivity contribution in [3.8, 4) is 0 Å². The summed E-state index contributed by atoms with van der Waals surface area (Å²) in [6, 6.07) is 1.79. The number of carbonyl (C=O) groups is 1. The number of hydrogen-bond acceptors (Lipinski definition) is 4. The lowest BCUT2D eigenvalue weighted by Gasteiger charge is -2.22. The van der Waals surface area contributed by atoms with E-state index in [1.165, 1.54) is 18.6 Å². The first-order valence-corrected chi connectivity index (χ1v) is 7.96. The van der Waals surface area contributed by atoms with E-state index in [0.717, 1.165) is 28.5 Å². The molecule has 3 aromatic heterocycles. The molecule has 1 aliphatic rings. The molecule has 9 heteroatoms. The fraction of sp³-hybridized carbons (Fsp3) is 0.375. The number of pyridine rings is 1. The van der Waals surface area contributed by atoms with Crippen molar-refractivity contribution >= 4 is 16.9 Å². The number of hydrogen-bond donors (Lipinski definition) is 1. The van der Waals surface area contributed by atoms with Gasteiger partial charge in [-0.2, -0.15) is 13.9 Å². The minimum Gasteiger partial charge on any atom is -0.328 e. The van der Waals surface area contributed by atoms with Crippen LogP contribution < -0.4 is 0 Å². The Bertz CT molecular complexity index is 930. The average molecular weight is 346 g/mol. The highest BCUT2D eigenvalue weighted by Crippen LogP contribution is 2.30. The second-order valence-electron chi connectivity index (χ2n) is 6.14. The average Bonchev–Trinajstić information content (AvgIpc) is 3.22. The van der Waals surface area contributed by atoms with Gasteiger partial charge in [0.25, 0.3) is 5.91 Å². The van der Waals surface area contributed by atoms with Crippen molar-refractivity contribution in [2.45, 2.75) is 38.9 Å². The van der Waals surface area contributed by atoms with Gasteiger partial charge in [-0.25, -0.2) is 9.97 Å². The highest BCUT2D eigenvalue weighted by molar-refractivity contribution is 5.97. The fourth-order valence-electron chi connectivity index (χ4n) is 2.85. The van der Waals surface area contributed by atoms with Gasteiger partial charge in [-0.3, -0.25) is 14.5 Å². The lowest BCUT2D eigenvalue weighted by atomic mass is 10.2. The third-order valence-corrected chi connectivity index (χ3v) is 4.37. The standard InChI is InChI=1S/C16H16F2N6O/c1-9-12-6-10(7-20-14(12)22-21-9)15(25)24(11-2-3-11)8-13-19-4-5-23(13)16(17)18/h4-7,11,16H,2-3,8H2,1H3,(H,20,21,22). The van der Waals surface area contributed by atoms with Gasteiger partial charge in [0.2, 0.25) is 0 Å². The van der Waals surface area contributed by atoms with Crippen molar-refractivity contribution in [1.82, 2.24) is 29.6 Å². The molecule has 0 unspecified atom stereocenters. The summed E-state index contributed by atoms with van der Waals surface area (Å²) in [5.74, 6) is -0.0647. The molecule has 0 saturated heterocycles. The van der Waals surface area contributed by atoms with Crippen LogP contribution in [0.15, 0.2) is 24.7 Å². The van der Waals surface area contributed by atoms with E-state index < -0.39 is 6.55 Å².